The summed E-state index contributed by atoms with van der Waals surface area (Å²) in [6.07, 6.45) is 1.23. The Bertz CT molecular complexity index is 489. The zero-order valence-electron chi connectivity index (χ0n) is 9.86. The summed E-state index contributed by atoms with van der Waals surface area (Å²) in [5.74, 6) is 2.08. The van der Waals surface area contributed by atoms with E-state index in [-0.39, 0.29) is 5.75 Å². The Balaban J connectivity index is 2.22. The Hall–Kier alpha value is -0.100. The van der Waals surface area contributed by atoms with E-state index in [9.17, 15) is 8.42 Å². The zero-order valence-corrected chi connectivity index (χ0v) is 13.0. The summed E-state index contributed by atoms with van der Waals surface area (Å²) in [6, 6.07) is 5.04. The second-order valence-electron chi connectivity index (χ2n) is 3.67. The van der Waals surface area contributed by atoms with Crippen molar-refractivity contribution >= 4 is 44.8 Å². The van der Waals surface area contributed by atoms with E-state index >= 15 is 0 Å². The number of halogens is 2. The summed E-state index contributed by atoms with van der Waals surface area (Å²) < 4.78 is 27.2. The molecule has 0 aliphatic carbocycles. The van der Waals surface area contributed by atoms with E-state index in [1.165, 1.54) is 18.0 Å². The van der Waals surface area contributed by atoms with Gasteiger partial charge in [0.2, 0.25) is 0 Å². The lowest BCUT2D eigenvalue weighted by Crippen LogP contribution is -2.07. The summed E-state index contributed by atoms with van der Waals surface area (Å²) in [6.45, 7) is 0.482. The molecule has 0 N–H and O–H groups in total. The minimum atomic E-state index is -2.87. The van der Waals surface area contributed by atoms with Gasteiger partial charge in [-0.2, -0.15) is 11.8 Å². The first-order chi connectivity index (χ1) is 8.38. The molecule has 1 aromatic rings. The summed E-state index contributed by atoms with van der Waals surface area (Å²) in [5.41, 5.74) is 0. The highest BCUT2D eigenvalue weighted by atomic mass is 35.5. The van der Waals surface area contributed by atoms with Gasteiger partial charge in [-0.3, -0.25) is 0 Å². The molecule has 0 atom stereocenters. The van der Waals surface area contributed by atoms with Crippen molar-refractivity contribution < 1.29 is 13.2 Å². The molecule has 0 aromatic heterocycles. The molecule has 0 bridgehead atoms. The molecule has 18 heavy (non-hydrogen) atoms. The van der Waals surface area contributed by atoms with Crippen LogP contribution in [-0.2, 0) is 9.84 Å². The molecule has 7 heteroatoms. The lowest BCUT2D eigenvalue weighted by atomic mass is 10.3. The first kappa shape index (κ1) is 16.0. The van der Waals surface area contributed by atoms with Gasteiger partial charge in [-0.1, -0.05) is 23.2 Å². The van der Waals surface area contributed by atoms with Crippen molar-refractivity contribution in [2.45, 2.75) is 0 Å². The van der Waals surface area contributed by atoms with Gasteiger partial charge in [-0.25, -0.2) is 8.42 Å². The van der Waals surface area contributed by atoms with Gasteiger partial charge in [0, 0.05) is 22.8 Å². The number of hydrogen-bond acceptors (Lipinski definition) is 4. The minimum Gasteiger partial charge on any atom is -0.491 e. The highest BCUT2D eigenvalue weighted by Crippen LogP contribution is 2.27. The second-order valence-corrected chi connectivity index (χ2v) is 7.99. The molecule has 0 aliphatic rings. The van der Waals surface area contributed by atoms with Crippen LogP contribution in [0.25, 0.3) is 0 Å². The molecule has 0 saturated carbocycles. The summed E-state index contributed by atoms with van der Waals surface area (Å²) in [5, 5.41) is 1.04. The molecule has 1 aromatic carbocycles. The van der Waals surface area contributed by atoms with Crippen LogP contribution >= 0.6 is 35.0 Å². The molecule has 0 spiro atoms. The van der Waals surface area contributed by atoms with Crippen LogP contribution in [0.3, 0.4) is 0 Å². The molecule has 0 unspecified atom stereocenters. The van der Waals surface area contributed by atoms with Gasteiger partial charge in [-0.15, -0.1) is 0 Å². The lowest BCUT2D eigenvalue weighted by molar-refractivity contribution is 0.344. The Morgan fingerprint density at radius 1 is 1.28 bits per heavy atom. The molecule has 3 nitrogen and oxygen atoms in total. The van der Waals surface area contributed by atoms with Gasteiger partial charge >= 0.3 is 0 Å². The standard InChI is InChI=1S/C11H14Cl2O3S2/c1-18(14,15)7-6-17-5-4-16-11-3-2-9(12)8-10(11)13/h2-3,8H,4-7H2,1H3. The monoisotopic (exact) mass is 328 g/mol. The smallest absolute Gasteiger partial charge is 0.148 e. The van der Waals surface area contributed by atoms with E-state index in [4.69, 9.17) is 27.9 Å². The average Bonchev–Trinajstić information content (AvgIpc) is 2.24. The fourth-order valence-corrected chi connectivity index (χ4v) is 3.67. The van der Waals surface area contributed by atoms with Crippen molar-refractivity contribution in [1.29, 1.82) is 0 Å². The van der Waals surface area contributed by atoms with E-state index in [1.807, 2.05) is 0 Å². The Kier molecular flexibility index (Phi) is 6.63. The largest absolute Gasteiger partial charge is 0.491 e. The summed E-state index contributed by atoms with van der Waals surface area (Å²) in [4.78, 5) is 0. The minimum absolute atomic E-state index is 0.194. The third kappa shape index (κ3) is 6.73. The van der Waals surface area contributed by atoms with Gasteiger partial charge in [0.25, 0.3) is 0 Å². The van der Waals surface area contributed by atoms with Crippen LogP contribution in [0.2, 0.25) is 10.0 Å². The molecular formula is C11H14Cl2O3S2. The molecule has 1 rings (SSSR count). The molecular weight excluding hydrogens is 315 g/mol. The molecule has 0 heterocycles. The Morgan fingerprint density at radius 2 is 2.00 bits per heavy atom. The average molecular weight is 329 g/mol. The maximum atomic E-state index is 10.9. The fourth-order valence-electron chi connectivity index (χ4n) is 1.12. The van der Waals surface area contributed by atoms with E-state index in [0.29, 0.717) is 33.9 Å². The lowest BCUT2D eigenvalue weighted by Gasteiger charge is -2.07. The zero-order chi connectivity index (χ0) is 13.6. The van der Waals surface area contributed by atoms with Crippen LogP contribution in [-0.4, -0.2) is 38.5 Å². The third-order valence-electron chi connectivity index (χ3n) is 1.98. The quantitative estimate of drug-likeness (QED) is 0.721. The van der Waals surface area contributed by atoms with Crippen molar-refractivity contribution in [2.75, 3.05) is 30.1 Å². The van der Waals surface area contributed by atoms with Crippen molar-refractivity contribution in [3.63, 3.8) is 0 Å². The topological polar surface area (TPSA) is 43.4 Å². The maximum Gasteiger partial charge on any atom is 0.148 e. The highest BCUT2D eigenvalue weighted by Gasteiger charge is 2.03. The van der Waals surface area contributed by atoms with E-state index in [1.54, 1.807) is 18.2 Å². The molecule has 0 saturated heterocycles. The van der Waals surface area contributed by atoms with Gasteiger partial charge in [0.05, 0.1) is 17.4 Å². The van der Waals surface area contributed by atoms with Crippen LogP contribution in [0.1, 0.15) is 0 Å². The van der Waals surface area contributed by atoms with Crippen molar-refractivity contribution in [2.24, 2.45) is 0 Å². The Morgan fingerprint density at radius 3 is 2.61 bits per heavy atom. The number of benzene rings is 1. The van der Waals surface area contributed by atoms with Crippen LogP contribution in [0.5, 0.6) is 5.75 Å². The molecule has 0 aliphatic heterocycles. The number of rotatable bonds is 7. The molecule has 0 fully saturated rings. The summed E-state index contributed by atoms with van der Waals surface area (Å²) in [7, 11) is -2.87. The van der Waals surface area contributed by atoms with Crippen LogP contribution in [0.15, 0.2) is 18.2 Å². The number of sulfone groups is 1. The third-order valence-corrected chi connectivity index (χ3v) is 4.66. The van der Waals surface area contributed by atoms with Crippen LogP contribution < -0.4 is 4.74 Å². The van der Waals surface area contributed by atoms with Gasteiger partial charge in [0.15, 0.2) is 0 Å². The van der Waals surface area contributed by atoms with Crippen molar-refractivity contribution in [3.05, 3.63) is 28.2 Å². The van der Waals surface area contributed by atoms with Crippen LogP contribution in [0, 0.1) is 0 Å². The fraction of sp³-hybridized carbons (Fsp3) is 0.455. The highest BCUT2D eigenvalue weighted by molar-refractivity contribution is 8.00. The Labute approximate surface area is 122 Å². The van der Waals surface area contributed by atoms with Crippen molar-refractivity contribution in [3.8, 4) is 5.75 Å². The number of thioether (sulfide) groups is 1. The SMILES string of the molecule is CS(=O)(=O)CCSCCOc1ccc(Cl)cc1Cl. The number of ether oxygens (including phenoxy) is 1. The summed E-state index contributed by atoms with van der Waals surface area (Å²) >= 11 is 13.2. The predicted molar refractivity (Wildman–Crippen MR) is 79.0 cm³/mol. The molecule has 0 amide bonds. The normalized spacial score (nSPS) is 11.5. The van der Waals surface area contributed by atoms with E-state index < -0.39 is 9.84 Å². The van der Waals surface area contributed by atoms with Gasteiger partial charge in [0.1, 0.15) is 15.6 Å². The number of hydrogen-bond donors (Lipinski definition) is 0. The van der Waals surface area contributed by atoms with Crippen molar-refractivity contribution in [1.82, 2.24) is 0 Å². The maximum absolute atomic E-state index is 10.9. The second kappa shape index (κ2) is 7.48. The first-order valence-corrected chi connectivity index (χ1v) is 9.19. The van der Waals surface area contributed by atoms with Crippen LogP contribution in [0.4, 0.5) is 0 Å². The predicted octanol–water partition coefficient (Wildman–Crippen LogP) is 3.15. The molecule has 0 radical (unpaired) electrons. The van der Waals surface area contributed by atoms with E-state index in [0.717, 1.165) is 0 Å². The van der Waals surface area contributed by atoms with Gasteiger partial charge in [-0.05, 0) is 18.2 Å². The molecule has 102 valence electrons. The van der Waals surface area contributed by atoms with E-state index in [2.05, 4.69) is 0 Å². The van der Waals surface area contributed by atoms with Gasteiger partial charge < -0.3 is 4.74 Å². The first-order valence-electron chi connectivity index (χ1n) is 5.22.